The van der Waals surface area contributed by atoms with E-state index in [2.05, 4.69) is 36.1 Å². The van der Waals surface area contributed by atoms with Gasteiger partial charge < -0.3 is 20.1 Å². The van der Waals surface area contributed by atoms with Crippen molar-refractivity contribution < 1.29 is 9.47 Å². The molecule has 1 unspecified atom stereocenters. The predicted molar refractivity (Wildman–Crippen MR) is 109 cm³/mol. The molecule has 0 bridgehead atoms. The van der Waals surface area contributed by atoms with Crippen LogP contribution in [0.4, 0.5) is 0 Å². The minimum atomic E-state index is 0. The summed E-state index contributed by atoms with van der Waals surface area (Å²) in [7, 11) is 1.73. The van der Waals surface area contributed by atoms with Crippen molar-refractivity contribution in [2.45, 2.75) is 51.7 Å². The number of nitrogens with zero attached hydrogens (tertiary/aromatic N) is 1. The van der Waals surface area contributed by atoms with Crippen molar-refractivity contribution in [1.29, 1.82) is 0 Å². The Kier molecular flexibility index (Phi) is 8.21. The molecule has 0 spiro atoms. The van der Waals surface area contributed by atoms with Crippen molar-refractivity contribution in [1.82, 2.24) is 4.90 Å². The third-order valence-electron chi connectivity index (χ3n) is 6.10. The van der Waals surface area contributed by atoms with Gasteiger partial charge in [-0.25, -0.2) is 0 Å². The van der Waals surface area contributed by atoms with E-state index in [1.54, 1.807) is 7.11 Å². The molecule has 1 aliphatic carbocycles. The quantitative estimate of drug-likeness (QED) is 0.741. The van der Waals surface area contributed by atoms with Crippen LogP contribution in [0.25, 0.3) is 0 Å². The summed E-state index contributed by atoms with van der Waals surface area (Å²) in [5.41, 5.74) is 7.59. The van der Waals surface area contributed by atoms with E-state index in [0.29, 0.717) is 24.0 Å². The Morgan fingerprint density at radius 2 is 2.00 bits per heavy atom. The Bertz CT molecular complexity index is 541. The largest absolute Gasteiger partial charge is 0.493 e. The minimum Gasteiger partial charge on any atom is -0.493 e. The molecule has 1 saturated carbocycles. The monoisotopic (exact) mass is 382 g/mol. The van der Waals surface area contributed by atoms with E-state index < -0.39 is 0 Å². The number of rotatable bonds is 8. The van der Waals surface area contributed by atoms with E-state index in [4.69, 9.17) is 15.2 Å². The first-order valence-electron chi connectivity index (χ1n) is 9.79. The number of methoxy groups -OCH3 is 1. The van der Waals surface area contributed by atoms with Crippen molar-refractivity contribution in [3.05, 3.63) is 29.8 Å². The second-order valence-corrected chi connectivity index (χ2v) is 8.20. The lowest BCUT2D eigenvalue weighted by Crippen LogP contribution is -2.49. The lowest BCUT2D eigenvalue weighted by molar-refractivity contribution is 0.00654. The summed E-state index contributed by atoms with van der Waals surface area (Å²) in [6.45, 7) is 7.18. The molecule has 2 N–H and O–H groups in total. The van der Waals surface area contributed by atoms with E-state index >= 15 is 0 Å². The summed E-state index contributed by atoms with van der Waals surface area (Å²) >= 11 is 0. The zero-order valence-corrected chi connectivity index (χ0v) is 17.1. The summed E-state index contributed by atoms with van der Waals surface area (Å²) in [5.74, 6) is 1.67. The molecule has 0 aromatic heterocycles. The first-order valence-corrected chi connectivity index (χ1v) is 9.79. The molecule has 5 heteroatoms. The molecule has 3 rings (SSSR count). The van der Waals surface area contributed by atoms with Crippen LogP contribution in [0.15, 0.2) is 24.3 Å². The minimum absolute atomic E-state index is 0. The van der Waals surface area contributed by atoms with Crippen LogP contribution in [-0.4, -0.2) is 44.3 Å². The highest BCUT2D eigenvalue weighted by atomic mass is 35.5. The molecule has 1 saturated heterocycles. The Morgan fingerprint density at radius 1 is 1.27 bits per heavy atom. The van der Waals surface area contributed by atoms with Gasteiger partial charge in [0.1, 0.15) is 5.75 Å². The Labute approximate surface area is 164 Å². The maximum absolute atomic E-state index is 6.20. The van der Waals surface area contributed by atoms with E-state index in [9.17, 15) is 0 Å². The lowest BCUT2D eigenvalue weighted by atomic mass is 9.68. The predicted octanol–water partition coefficient (Wildman–Crippen LogP) is 3.86. The maximum Gasteiger partial charge on any atom is 0.119 e. The fraction of sp³-hybridized carbons (Fsp3) is 0.714. The molecule has 0 amide bonds. The highest BCUT2D eigenvalue weighted by Gasteiger charge is 2.40. The van der Waals surface area contributed by atoms with Gasteiger partial charge in [-0.05, 0) is 69.3 Å². The lowest BCUT2D eigenvalue weighted by Gasteiger charge is -2.46. The number of hydrogen-bond donors (Lipinski definition) is 1. The summed E-state index contributed by atoms with van der Waals surface area (Å²) in [6, 6.07) is 8.62. The fourth-order valence-electron chi connectivity index (χ4n) is 4.26. The molecule has 1 aliphatic heterocycles. The molecule has 1 aromatic carbocycles. The van der Waals surface area contributed by atoms with Crippen molar-refractivity contribution in [2.75, 3.05) is 33.4 Å². The molecule has 26 heavy (non-hydrogen) atoms. The Hall–Kier alpha value is -0.810. The van der Waals surface area contributed by atoms with Crippen LogP contribution in [0.2, 0.25) is 0 Å². The van der Waals surface area contributed by atoms with Crippen LogP contribution in [0.3, 0.4) is 0 Å². The topological polar surface area (TPSA) is 47.7 Å². The number of likely N-dealkylation sites (tertiary alicyclic amines) is 1. The molecule has 0 radical (unpaired) electrons. The van der Waals surface area contributed by atoms with Crippen molar-refractivity contribution in [2.24, 2.45) is 17.1 Å². The number of halogens is 1. The van der Waals surface area contributed by atoms with Crippen LogP contribution < -0.4 is 10.5 Å². The average Bonchev–Trinajstić information content (AvgIpc) is 2.58. The highest BCUT2D eigenvalue weighted by molar-refractivity contribution is 5.85. The number of piperidine rings is 1. The smallest absolute Gasteiger partial charge is 0.119 e. The van der Waals surface area contributed by atoms with Crippen LogP contribution in [-0.2, 0) is 11.3 Å². The van der Waals surface area contributed by atoms with Gasteiger partial charge in [-0.3, -0.25) is 0 Å². The summed E-state index contributed by atoms with van der Waals surface area (Å²) in [4.78, 5) is 2.64. The second-order valence-electron chi connectivity index (χ2n) is 8.20. The summed E-state index contributed by atoms with van der Waals surface area (Å²) in [6.07, 6.45) is 6.40. The van der Waals surface area contributed by atoms with Crippen LogP contribution in [0.5, 0.6) is 5.75 Å². The van der Waals surface area contributed by atoms with E-state index in [0.717, 1.165) is 12.4 Å². The number of hydrogen-bond acceptors (Lipinski definition) is 4. The third kappa shape index (κ3) is 5.59. The van der Waals surface area contributed by atoms with Gasteiger partial charge in [-0.2, -0.15) is 0 Å². The number of ether oxygens (including phenoxy) is 2. The molecular formula is C21H35ClN2O2. The zero-order valence-electron chi connectivity index (χ0n) is 16.3. The Morgan fingerprint density at radius 3 is 2.58 bits per heavy atom. The molecule has 148 valence electrons. The standard InChI is InChI=1S/C21H34N2O2.ClH/c1-17(22)19-7-11-23(12-8-19)15-21(9-4-10-21)16-25-20-6-3-5-18(13-20)14-24-2;/h3,5-6,13,17,19H,4,7-12,14-16,22H2,1-2H3;1H. The SMILES string of the molecule is COCc1cccc(OCC2(CN3CCC(C(C)N)CC3)CCC2)c1.Cl. The van der Waals surface area contributed by atoms with Gasteiger partial charge in [0, 0.05) is 25.1 Å². The van der Waals surface area contributed by atoms with Crippen LogP contribution in [0.1, 0.15) is 44.6 Å². The van der Waals surface area contributed by atoms with Crippen molar-refractivity contribution >= 4 is 12.4 Å². The van der Waals surface area contributed by atoms with Gasteiger partial charge in [0.25, 0.3) is 0 Å². The first-order chi connectivity index (χ1) is 12.1. The van der Waals surface area contributed by atoms with Gasteiger partial charge >= 0.3 is 0 Å². The molecule has 2 fully saturated rings. The van der Waals surface area contributed by atoms with Crippen LogP contribution in [0, 0.1) is 11.3 Å². The first kappa shape index (κ1) is 21.5. The van der Waals surface area contributed by atoms with Gasteiger partial charge in [0.2, 0.25) is 0 Å². The highest BCUT2D eigenvalue weighted by Crippen LogP contribution is 2.42. The normalized spacial score (nSPS) is 21.5. The van der Waals surface area contributed by atoms with Gasteiger partial charge in [0.05, 0.1) is 13.2 Å². The number of benzene rings is 1. The average molecular weight is 383 g/mol. The van der Waals surface area contributed by atoms with Crippen LogP contribution >= 0.6 is 12.4 Å². The van der Waals surface area contributed by atoms with Crippen molar-refractivity contribution in [3.8, 4) is 5.75 Å². The van der Waals surface area contributed by atoms with E-state index in [1.807, 2.05) is 0 Å². The summed E-state index contributed by atoms with van der Waals surface area (Å²) < 4.78 is 11.4. The molecule has 1 atom stereocenters. The molecule has 2 aliphatic rings. The maximum atomic E-state index is 6.20. The van der Waals surface area contributed by atoms with Gasteiger partial charge in [-0.15, -0.1) is 12.4 Å². The van der Waals surface area contributed by atoms with Gasteiger partial charge in [-0.1, -0.05) is 18.6 Å². The third-order valence-corrected chi connectivity index (χ3v) is 6.10. The summed E-state index contributed by atoms with van der Waals surface area (Å²) in [5, 5.41) is 0. The van der Waals surface area contributed by atoms with Crippen molar-refractivity contribution in [3.63, 3.8) is 0 Å². The molecule has 1 aromatic rings. The molecular weight excluding hydrogens is 348 g/mol. The number of nitrogens with two attached hydrogens (primary N) is 1. The Balaban J connectivity index is 0.00000243. The van der Waals surface area contributed by atoms with E-state index in [-0.39, 0.29) is 12.4 Å². The fourth-order valence-corrected chi connectivity index (χ4v) is 4.26. The van der Waals surface area contributed by atoms with Gasteiger partial charge in [0.15, 0.2) is 0 Å². The second kappa shape index (κ2) is 9.93. The molecule has 4 nitrogen and oxygen atoms in total. The zero-order chi connectivity index (χ0) is 17.7. The molecule has 1 heterocycles. The van der Waals surface area contributed by atoms with E-state index in [1.165, 1.54) is 57.3 Å².